The van der Waals surface area contributed by atoms with Crippen LogP contribution in [0.1, 0.15) is 9.67 Å². The van der Waals surface area contributed by atoms with Crippen LogP contribution in [-0.4, -0.2) is 10.9 Å². The van der Waals surface area contributed by atoms with Crippen LogP contribution in [0.2, 0.25) is 0 Å². The van der Waals surface area contributed by atoms with Crippen molar-refractivity contribution in [3.05, 3.63) is 98.8 Å². The fourth-order valence-corrected chi connectivity index (χ4v) is 5.82. The first-order valence-electron chi connectivity index (χ1n) is 10.1. The fraction of sp³-hybridized carbons (Fsp3) is 0. The highest BCUT2D eigenvalue weighted by molar-refractivity contribution is 9.11. The van der Waals surface area contributed by atoms with E-state index < -0.39 is 0 Å². The predicted molar refractivity (Wildman–Crippen MR) is 145 cm³/mol. The SMILES string of the molecule is Nc1c(C(=O)Nc2ccc(Br)cc2Br)sc2nc(-c3ccccc3)cc(-c3ccccc3)c12. The first kappa shape index (κ1) is 21.8. The zero-order valence-corrected chi connectivity index (χ0v) is 21.2. The molecular formula is C26H17Br2N3OS. The van der Waals surface area contributed by atoms with Crippen molar-refractivity contribution in [3.8, 4) is 22.4 Å². The van der Waals surface area contributed by atoms with Gasteiger partial charge in [-0.15, -0.1) is 11.3 Å². The molecule has 5 aromatic rings. The van der Waals surface area contributed by atoms with Crippen molar-refractivity contribution >= 4 is 70.7 Å². The van der Waals surface area contributed by atoms with Gasteiger partial charge in [0.2, 0.25) is 0 Å². The third-order valence-electron chi connectivity index (χ3n) is 5.24. The van der Waals surface area contributed by atoms with Gasteiger partial charge < -0.3 is 11.1 Å². The molecule has 7 heteroatoms. The van der Waals surface area contributed by atoms with Gasteiger partial charge in [-0.1, -0.05) is 76.6 Å². The lowest BCUT2D eigenvalue weighted by Gasteiger charge is -2.09. The first-order chi connectivity index (χ1) is 16.0. The highest BCUT2D eigenvalue weighted by atomic mass is 79.9. The van der Waals surface area contributed by atoms with Crippen LogP contribution in [0.25, 0.3) is 32.6 Å². The highest BCUT2D eigenvalue weighted by Gasteiger charge is 2.22. The van der Waals surface area contributed by atoms with E-state index in [9.17, 15) is 4.79 Å². The maximum atomic E-state index is 13.2. The highest BCUT2D eigenvalue weighted by Crippen LogP contribution is 2.41. The number of pyridine rings is 1. The Balaban J connectivity index is 1.66. The number of nitrogens with two attached hydrogens (primary N) is 1. The number of nitrogens with one attached hydrogen (secondary N) is 1. The predicted octanol–water partition coefficient (Wildman–Crippen LogP) is 7.99. The Morgan fingerprint density at radius 2 is 1.55 bits per heavy atom. The summed E-state index contributed by atoms with van der Waals surface area (Å²) in [6, 6.07) is 27.7. The van der Waals surface area contributed by atoms with Crippen LogP contribution in [0.15, 0.2) is 93.9 Å². The molecule has 3 aromatic carbocycles. The minimum Gasteiger partial charge on any atom is -0.397 e. The number of thiophene rings is 1. The molecule has 162 valence electrons. The number of carbonyl (C=O) groups excluding carboxylic acids is 1. The van der Waals surface area contributed by atoms with Crippen LogP contribution in [0.4, 0.5) is 11.4 Å². The van der Waals surface area contributed by atoms with E-state index in [1.165, 1.54) is 11.3 Å². The summed E-state index contributed by atoms with van der Waals surface area (Å²) in [5.41, 5.74) is 11.5. The van der Waals surface area contributed by atoms with Crippen molar-refractivity contribution in [3.63, 3.8) is 0 Å². The Morgan fingerprint density at radius 1 is 0.879 bits per heavy atom. The number of nitrogens with zero attached hydrogens (tertiary/aromatic N) is 1. The molecule has 0 saturated heterocycles. The molecule has 0 atom stereocenters. The molecule has 4 nitrogen and oxygen atoms in total. The molecule has 0 aliphatic heterocycles. The van der Waals surface area contributed by atoms with Gasteiger partial charge in [0.1, 0.15) is 9.71 Å². The van der Waals surface area contributed by atoms with E-state index in [1.54, 1.807) is 0 Å². The smallest absolute Gasteiger partial charge is 0.267 e. The summed E-state index contributed by atoms with van der Waals surface area (Å²) in [6.07, 6.45) is 0. The maximum Gasteiger partial charge on any atom is 0.267 e. The normalized spacial score (nSPS) is 11.0. The molecule has 1 amide bonds. The van der Waals surface area contributed by atoms with Crippen LogP contribution < -0.4 is 11.1 Å². The zero-order valence-electron chi connectivity index (χ0n) is 17.2. The molecule has 3 N–H and O–H groups in total. The average Bonchev–Trinajstić information content (AvgIpc) is 3.18. The number of benzene rings is 3. The molecule has 0 fully saturated rings. The lowest BCUT2D eigenvalue weighted by molar-refractivity contribution is 0.103. The number of halogens is 2. The number of nitrogen functional groups attached to an aromatic ring is 1. The number of hydrogen-bond acceptors (Lipinski definition) is 4. The minimum absolute atomic E-state index is 0.265. The summed E-state index contributed by atoms with van der Waals surface area (Å²) < 4.78 is 1.69. The average molecular weight is 579 g/mol. The molecule has 33 heavy (non-hydrogen) atoms. The van der Waals surface area contributed by atoms with E-state index in [4.69, 9.17) is 10.7 Å². The lowest BCUT2D eigenvalue weighted by Crippen LogP contribution is -2.12. The molecule has 5 rings (SSSR count). The second-order valence-electron chi connectivity index (χ2n) is 7.39. The number of rotatable bonds is 4. The van der Waals surface area contributed by atoms with Crippen molar-refractivity contribution in [2.75, 3.05) is 11.1 Å². The van der Waals surface area contributed by atoms with Crippen molar-refractivity contribution in [2.24, 2.45) is 0 Å². The Bertz CT molecular complexity index is 1480. The van der Waals surface area contributed by atoms with Crippen LogP contribution in [0, 0.1) is 0 Å². The molecule has 0 spiro atoms. The summed E-state index contributed by atoms with van der Waals surface area (Å²) in [4.78, 5) is 19.2. The summed E-state index contributed by atoms with van der Waals surface area (Å²) in [5, 5.41) is 3.75. The molecule has 0 bridgehead atoms. The molecule has 0 aliphatic carbocycles. The monoisotopic (exact) mass is 577 g/mol. The number of anilines is 2. The number of fused-ring (bicyclic) bond motifs is 1. The number of carbonyl (C=O) groups is 1. The van der Waals surface area contributed by atoms with E-state index in [1.807, 2.05) is 84.9 Å². The summed E-state index contributed by atoms with van der Waals surface area (Å²) in [6.45, 7) is 0. The molecule has 0 radical (unpaired) electrons. The van der Waals surface area contributed by atoms with E-state index in [0.29, 0.717) is 16.3 Å². The summed E-state index contributed by atoms with van der Waals surface area (Å²) >= 11 is 8.23. The van der Waals surface area contributed by atoms with Crippen LogP contribution in [0.5, 0.6) is 0 Å². The first-order valence-corrected chi connectivity index (χ1v) is 12.5. The van der Waals surface area contributed by atoms with Crippen molar-refractivity contribution in [1.29, 1.82) is 0 Å². The van der Waals surface area contributed by atoms with Gasteiger partial charge in [-0.05, 0) is 51.3 Å². The van der Waals surface area contributed by atoms with Gasteiger partial charge in [-0.3, -0.25) is 4.79 Å². The Kier molecular flexibility index (Phi) is 6.01. The van der Waals surface area contributed by atoms with Gasteiger partial charge in [0.05, 0.1) is 17.1 Å². The van der Waals surface area contributed by atoms with Gasteiger partial charge in [0, 0.05) is 19.9 Å². The van der Waals surface area contributed by atoms with Crippen molar-refractivity contribution in [1.82, 2.24) is 4.98 Å². The summed E-state index contributed by atoms with van der Waals surface area (Å²) in [7, 11) is 0. The molecule has 2 aromatic heterocycles. The standard InChI is InChI=1S/C26H17Br2N3OS/c27-17-11-12-20(19(28)13-17)30-25(32)24-23(29)22-18(15-7-3-1-4-8-15)14-21(31-26(22)33-24)16-9-5-2-6-10-16/h1-14H,29H2,(H,30,32). The Labute approximate surface area is 211 Å². The number of amides is 1. The van der Waals surface area contributed by atoms with Crippen LogP contribution in [-0.2, 0) is 0 Å². The third kappa shape index (κ3) is 4.31. The quantitative estimate of drug-likeness (QED) is 0.227. The van der Waals surface area contributed by atoms with E-state index in [2.05, 4.69) is 37.2 Å². The van der Waals surface area contributed by atoms with Gasteiger partial charge in [-0.25, -0.2) is 4.98 Å². The maximum absolute atomic E-state index is 13.2. The van der Waals surface area contributed by atoms with Crippen molar-refractivity contribution in [2.45, 2.75) is 0 Å². The molecule has 0 unspecified atom stereocenters. The largest absolute Gasteiger partial charge is 0.397 e. The third-order valence-corrected chi connectivity index (χ3v) is 7.49. The fourth-order valence-electron chi connectivity index (χ4n) is 3.66. The Morgan fingerprint density at radius 3 is 2.21 bits per heavy atom. The molecular weight excluding hydrogens is 562 g/mol. The minimum atomic E-state index is -0.265. The zero-order chi connectivity index (χ0) is 22.9. The van der Waals surface area contributed by atoms with Crippen LogP contribution in [0.3, 0.4) is 0 Å². The Hall–Kier alpha value is -3.00. The van der Waals surface area contributed by atoms with E-state index >= 15 is 0 Å². The number of hydrogen-bond donors (Lipinski definition) is 2. The summed E-state index contributed by atoms with van der Waals surface area (Å²) in [5.74, 6) is -0.265. The van der Waals surface area contributed by atoms with E-state index in [0.717, 1.165) is 41.5 Å². The second kappa shape index (κ2) is 9.09. The van der Waals surface area contributed by atoms with Gasteiger partial charge in [0.15, 0.2) is 0 Å². The lowest BCUT2D eigenvalue weighted by atomic mass is 9.99. The second-order valence-corrected chi connectivity index (χ2v) is 10.2. The van der Waals surface area contributed by atoms with Crippen LogP contribution >= 0.6 is 43.2 Å². The van der Waals surface area contributed by atoms with Gasteiger partial charge in [-0.2, -0.15) is 0 Å². The molecule has 0 saturated carbocycles. The van der Waals surface area contributed by atoms with Gasteiger partial charge >= 0.3 is 0 Å². The van der Waals surface area contributed by atoms with Crippen molar-refractivity contribution < 1.29 is 4.79 Å². The van der Waals surface area contributed by atoms with E-state index in [-0.39, 0.29) is 5.91 Å². The molecule has 2 heterocycles. The van der Waals surface area contributed by atoms with Gasteiger partial charge in [0.25, 0.3) is 5.91 Å². The topological polar surface area (TPSA) is 68.0 Å². The molecule has 0 aliphatic rings. The number of aromatic nitrogens is 1.